The Kier molecular flexibility index (Phi) is 3.84. The van der Waals surface area contributed by atoms with Crippen LogP contribution in [0.15, 0.2) is 12.1 Å². The number of hydrogen-bond donors (Lipinski definition) is 0. The molecule has 0 N–H and O–H groups in total. The van der Waals surface area contributed by atoms with E-state index in [1.165, 1.54) is 25.7 Å². The number of nitrogens with zero attached hydrogens (tertiary/aromatic N) is 1. The van der Waals surface area contributed by atoms with Crippen LogP contribution in [0, 0.1) is 29.9 Å². The Morgan fingerprint density at radius 1 is 1.28 bits per heavy atom. The third-order valence-electron chi connectivity index (χ3n) is 3.65. The highest BCUT2D eigenvalue weighted by molar-refractivity contribution is 5.56. The minimum Gasteiger partial charge on any atom is -0.486 e. The number of rotatable bonds is 4. The molecule has 0 amide bonds. The number of benzene rings is 1. The van der Waals surface area contributed by atoms with Gasteiger partial charge in [-0.15, -0.1) is 0 Å². The van der Waals surface area contributed by atoms with Crippen LogP contribution in [0.4, 0.5) is 5.69 Å². The van der Waals surface area contributed by atoms with E-state index in [0.29, 0.717) is 23.8 Å². The average molecular weight is 249 g/mol. The van der Waals surface area contributed by atoms with E-state index in [2.05, 4.69) is 0 Å². The van der Waals surface area contributed by atoms with E-state index in [1.54, 1.807) is 13.0 Å². The van der Waals surface area contributed by atoms with Crippen molar-refractivity contribution in [2.24, 2.45) is 5.92 Å². The second kappa shape index (κ2) is 5.38. The minimum atomic E-state index is -0.341. The van der Waals surface area contributed by atoms with Gasteiger partial charge in [-0.25, -0.2) is 0 Å². The fourth-order valence-corrected chi connectivity index (χ4v) is 2.56. The van der Waals surface area contributed by atoms with Crippen LogP contribution in [0.2, 0.25) is 0 Å². The molecule has 1 aromatic rings. The molecule has 98 valence electrons. The summed E-state index contributed by atoms with van der Waals surface area (Å²) >= 11 is 0. The fraction of sp³-hybridized carbons (Fsp3) is 0.571. The van der Waals surface area contributed by atoms with Gasteiger partial charge in [-0.3, -0.25) is 10.1 Å². The molecule has 2 rings (SSSR count). The highest BCUT2D eigenvalue weighted by Gasteiger charge is 2.23. The zero-order chi connectivity index (χ0) is 13.1. The van der Waals surface area contributed by atoms with Crippen molar-refractivity contribution in [3.05, 3.63) is 33.4 Å². The molecule has 1 aliphatic rings. The maximum atomic E-state index is 11.1. The third kappa shape index (κ3) is 2.63. The molecule has 0 radical (unpaired) electrons. The van der Waals surface area contributed by atoms with E-state index >= 15 is 0 Å². The van der Waals surface area contributed by atoms with Crippen LogP contribution in [-0.2, 0) is 0 Å². The molecule has 18 heavy (non-hydrogen) atoms. The van der Waals surface area contributed by atoms with E-state index in [-0.39, 0.29) is 10.6 Å². The summed E-state index contributed by atoms with van der Waals surface area (Å²) in [4.78, 5) is 10.8. The predicted octanol–water partition coefficient (Wildman–Crippen LogP) is 3.78. The van der Waals surface area contributed by atoms with Gasteiger partial charge >= 0.3 is 5.69 Å². The normalized spacial score (nSPS) is 15.9. The molecule has 1 aliphatic carbocycles. The molecular weight excluding hydrogens is 230 g/mol. The van der Waals surface area contributed by atoms with Crippen molar-refractivity contribution in [2.75, 3.05) is 6.61 Å². The Bertz CT molecular complexity index is 451. The second-order valence-electron chi connectivity index (χ2n) is 5.10. The standard InChI is InChI=1S/C14H19NO3/c1-10-7-8-11(2)14(13(10)15(16)17)18-9-12-5-3-4-6-12/h7-8,12H,3-6,9H2,1-2H3. The van der Waals surface area contributed by atoms with Gasteiger partial charge in [0.25, 0.3) is 0 Å². The van der Waals surface area contributed by atoms with E-state index in [0.717, 1.165) is 5.56 Å². The van der Waals surface area contributed by atoms with Crippen molar-refractivity contribution in [3.63, 3.8) is 0 Å². The number of aryl methyl sites for hydroxylation is 2. The van der Waals surface area contributed by atoms with Crippen molar-refractivity contribution in [3.8, 4) is 5.75 Å². The molecule has 0 aliphatic heterocycles. The van der Waals surface area contributed by atoms with Crippen molar-refractivity contribution >= 4 is 5.69 Å². The maximum absolute atomic E-state index is 11.1. The van der Waals surface area contributed by atoms with Crippen molar-refractivity contribution < 1.29 is 9.66 Å². The quantitative estimate of drug-likeness (QED) is 0.602. The van der Waals surface area contributed by atoms with Gasteiger partial charge in [0.05, 0.1) is 11.5 Å². The van der Waals surface area contributed by atoms with Gasteiger partial charge in [0.15, 0.2) is 5.75 Å². The zero-order valence-electron chi connectivity index (χ0n) is 10.9. The Balaban J connectivity index is 2.19. The molecule has 0 spiro atoms. The summed E-state index contributed by atoms with van der Waals surface area (Å²) in [6, 6.07) is 3.65. The molecule has 0 bridgehead atoms. The molecule has 0 unspecified atom stereocenters. The number of hydrogen-bond acceptors (Lipinski definition) is 3. The van der Waals surface area contributed by atoms with Gasteiger partial charge in [-0.1, -0.05) is 25.0 Å². The Labute approximate surface area is 107 Å². The minimum absolute atomic E-state index is 0.119. The smallest absolute Gasteiger partial charge is 0.314 e. The van der Waals surface area contributed by atoms with E-state index in [1.807, 2.05) is 13.0 Å². The predicted molar refractivity (Wildman–Crippen MR) is 70.0 cm³/mol. The summed E-state index contributed by atoms with van der Waals surface area (Å²) < 4.78 is 5.75. The molecular formula is C14H19NO3. The molecule has 1 fully saturated rings. The average Bonchev–Trinajstić information content (AvgIpc) is 2.82. The molecule has 0 heterocycles. The lowest BCUT2D eigenvalue weighted by molar-refractivity contribution is -0.386. The van der Waals surface area contributed by atoms with Gasteiger partial charge in [0, 0.05) is 5.56 Å². The van der Waals surface area contributed by atoms with E-state index < -0.39 is 0 Å². The largest absolute Gasteiger partial charge is 0.486 e. The molecule has 0 atom stereocenters. The highest BCUT2D eigenvalue weighted by atomic mass is 16.6. The Morgan fingerprint density at radius 2 is 1.89 bits per heavy atom. The SMILES string of the molecule is Cc1ccc(C)c([N+](=O)[O-])c1OCC1CCCC1. The first-order valence-corrected chi connectivity index (χ1v) is 6.47. The first-order valence-electron chi connectivity index (χ1n) is 6.47. The number of nitro benzene ring substituents is 1. The Morgan fingerprint density at radius 3 is 2.50 bits per heavy atom. The first kappa shape index (κ1) is 12.9. The lowest BCUT2D eigenvalue weighted by atomic mass is 10.1. The molecule has 0 aromatic heterocycles. The first-order chi connectivity index (χ1) is 8.59. The highest BCUT2D eigenvalue weighted by Crippen LogP contribution is 2.35. The summed E-state index contributed by atoms with van der Waals surface area (Å²) in [6.07, 6.45) is 4.86. The summed E-state index contributed by atoms with van der Waals surface area (Å²) in [5, 5.41) is 11.1. The van der Waals surface area contributed by atoms with Crippen LogP contribution < -0.4 is 4.74 Å². The Hall–Kier alpha value is -1.58. The number of nitro groups is 1. The molecule has 1 aromatic carbocycles. The van der Waals surface area contributed by atoms with Crippen LogP contribution in [0.3, 0.4) is 0 Å². The summed E-state index contributed by atoms with van der Waals surface area (Å²) in [7, 11) is 0. The van der Waals surface area contributed by atoms with Crippen LogP contribution >= 0.6 is 0 Å². The molecule has 4 nitrogen and oxygen atoms in total. The van der Waals surface area contributed by atoms with E-state index in [4.69, 9.17) is 4.74 Å². The second-order valence-corrected chi connectivity index (χ2v) is 5.10. The summed E-state index contributed by atoms with van der Waals surface area (Å²) in [5.74, 6) is 1.01. The summed E-state index contributed by atoms with van der Waals surface area (Å²) in [6.45, 7) is 4.21. The van der Waals surface area contributed by atoms with Crippen LogP contribution in [-0.4, -0.2) is 11.5 Å². The van der Waals surface area contributed by atoms with Crippen molar-refractivity contribution in [1.82, 2.24) is 0 Å². The number of ether oxygens (including phenoxy) is 1. The lowest BCUT2D eigenvalue weighted by Crippen LogP contribution is -2.10. The van der Waals surface area contributed by atoms with Crippen LogP contribution in [0.25, 0.3) is 0 Å². The lowest BCUT2D eigenvalue weighted by Gasteiger charge is -2.14. The van der Waals surface area contributed by atoms with Crippen molar-refractivity contribution in [2.45, 2.75) is 39.5 Å². The summed E-state index contributed by atoms with van der Waals surface area (Å²) in [5.41, 5.74) is 1.62. The van der Waals surface area contributed by atoms with Crippen LogP contribution in [0.5, 0.6) is 5.75 Å². The maximum Gasteiger partial charge on any atom is 0.314 e. The van der Waals surface area contributed by atoms with Crippen molar-refractivity contribution in [1.29, 1.82) is 0 Å². The monoisotopic (exact) mass is 249 g/mol. The third-order valence-corrected chi connectivity index (χ3v) is 3.65. The van der Waals surface area contributed by atoms with Crippen LogP contribution in [0.1, 0.15) is 36.8 Å². The van der Waals surface area contributed by atoms with Gasteiger partial charge in [-0.05, 0) is 38.2 Å². The topological polar surface area (TPSA) is 52.4 Å². The molecule has 1 saturated carbocycles. The molecule has 0 saturated heterocycles. The van der Waals surface area contributed by atoms with Gasteiger partial charge in [0.1, 0.15) is 0 Å². The van der Waals surface area contributed by atoms with E-state index in [9.17, 15) is 10.1 Å². The molecule has 4 heteroatoms. The fourth-order valence-electron chi connectivity index (χ4n) is 2.56. The van der Waals surface area contributed by atoms with Gasteiger partial charge in [0.2, 0.25) is 0 Å². The van der Waals surface area contributed by atoms with Gasteiger partial charge in [-0.2, -0.15) is 0 Å². The zero-order valence-corrected chi connectivity index (χ0v) is 10.9. The van der Waals surface area contributed by atoms with Gasteiger partial charge < -0.3 is 4.74 Å².